The van der Waals surface area contributed by atoms with Gasteiger partial charge in [0.25, 0.3) is 0 Å². The van der Waals surface area contributed by atoms with Gasteiger partial charge in [0.1, 0.15) is 18.9 Å². The van der Waals surface area contributed by atoms with Crippen LogP contribution < -0.4 is 4.84 Å². The molecule has 0 radical (unpaired) electrons. The van der Waals surface area contributed by atoms with Gasteiger partial charge in [-0.2, -0.15) is 9.99 Å². The van der Waals surface area contributed by atoms with Crippen molar-refractivity contribution in [2.75, 3.05) is 7.11 Å². The summed E-state index contributed by atoms with van der Waals surface area (Å²) in [7, 11) is 1.55. The number of rotatable bonds is 2. The molecule has 1 heterocycles. The van der Waals surface area contributed by atoms with Crippen molar-refractivity contribution in [3.8, 4) is 17.3 Å². The predicted molar refractivity (Wildman–Crippen MR) is 69.8 cm³/mol. The maximum absolute atomic E-state index is 9.15. The van der Waals surface area contributed by atoms with Crippen LogP contribution in [-0.2, 0) is 0 Å². The highest BCUT2D eigenvalue weighted by Gasteiger charge is 2.16. The van der Waals surface area contributed by atoms with Gasteiger partial charge in [0.2, 0.25) is 0 Å². The minimum atomic E-state index is 0.536. The standard InChI is InChI=1S/C12H8BrClN2O/c1-17-16-7-11(13)10(6-15)12(16)8-2-4-9(14)5-3-8/h2-5,7H,1H3. The van der Waals surface area contributed by atoms with E-state index < -0.39 is 0 Å². The molecule has 86 valence electrons. The monoisotopic (exact) mass is 310 g/mol. The van der Waals surface area contributed by atoms with Gasteiger partial charge in [-0.05, 0) is 28.1 Å². The molecule has 5 heteroatoms. The molecule has 2 rings (SSSR count). The Balaban J connectivity index is 2.65. The SMILES string of the molecule is COn1cc(Br)c(C#N)c1-c1ccc(Cl)cc1. The predicted octanol–water partition coefficient (Wildman–Crippen LogP) is 3.50. The summed E-state index contributed by atoms with van der Waals surface area (Å²) in [5.41, 5.74) is 2.12. The van der Waals surface area contributed by atoms with Crippen LogP contribution in [0.25, 0.3) is 11.3 Å². The molecule has 0 N–H and O–H groups in total. The normalized spacial score (nSPS) is 10.0. The van der Waals surface area contributed by atoms with Crippen molar-refractivity contribution in [2.24, 2.45) is 0 Å². The Bertz CT molecular complexity index is 584. The molecule has 0 unspecified atom stereocenters. The molecule has 0 amide bonds. The maximum Gasteiger partial charge on any atom is 0.106 e. The molecule has 0 saturated heterocycles. The number of hydrogen-bond donors (Lipinski definition) is 0. The molecule has 0 atom stereocenters. The van der Waals surface area contributed by atoms with Crippen LogP contribution in [0, 0.1) is 11.3 Å². The topological polar surface area (TPSA) is 38.0 Å². The average molecular weight is 312 g/mol. The molecular weight excluding hydrogens is 304 g/mol. The third kappa shape index (κ3) is 2.17. The maximum atomic E-state index is 9.15. The van der Waals surface area contributed by atoms with Crippen LogP contribution >= 0.6 is 27.5 Å². The summed E-state index contributed by atoms with van der Waals surface area (Å²) < 4.78 is 2.25. The minimum Gasteiger partial charge on any atom is -0.417 e. The molecule has 0 aliphatic carbocycles. The highest BCUT2D eigenvalue weighted by molar-refractivity contribution is 9.10. The van der Waals surface area contributed by atoms with Crippen LogP contribution in [0.3, 0.4) is 0 Å². The summed E-state index contributed by atoms with van der Waals surface area (Å²) in [6.45, 7) is 0. The van der Waals surface area contributed by atoms with Crippen LogP contribution in [0.2, 0.25) is 5.02 Å². The van der Waals surface area contributed by atoms with Crippen LogP contribution in [-0.4, -0.2) is 11.8 Å². The van der Waals surface area contributed by atoms with Gasteiger partial charge in [0, 0.05) is 10.6 Å². The van der Waals surface area contributed by atoms with Gasteiger partial charge < -0.3 is 4.84 Å². The van der Waals surface area contributed by atoms with E-state index in [-0.39, 0.29) is 0 Å². The first kappa shape index (κ1) is 12.0. The van der Waals surface area contributed by atoms with Gasteiger partial charge in [-0.15, -0.1) is 0 Å². The second kappa shape index (κ2) is 4.82. The van der Waals surface area contributed by atoms with Crippen LogP contribution in [0.15, 0.2) is 34.9 Å². The van der Waals surface area contributed by atoms with Crippen molar-refractivity contribution in [1.82, 2.24) is 4.73 Å². The average Bonchev–Trinajstić information content (AvgIpc) is 2.66. The first-order valence-corrected chi connectivity index (χ1v) is 5.96. The van der Waals surface area contributed by atoms with E-state index in [1.165, 1.54) is 0 Å². The first-order valence-electron chi connectivity index (χ1n) is 4.78. The number of halogens is 2. The van der Waals surface area contributed by atoms with E-state index in [0.29, 0.717) is 20.8 Å². The summed E-state index contributed by atoms with van der Waals surface area (Å²) in [4.78, 5) is 5.20. The van der Waals surface area contributed by atoms with Crippen molar-refractivity contribution in [3.05, 3.63) is 45.5 Å². The van der Waals surface area contributed by atoms with Crippen LogP contribution in [0.5, 0.6) is 0 Å². The zero-order valence-corrected chi connectivity index (χ0v) is 11.3. The van der Waals surface area contributed by atoms with Crippen molar-refractivity contribution in [3.63, 3.8) is 0 Å². The van der Waals surface area contributed by atoms with Gasteiger partial charge in [0.05, 0.1) is 16.2 Å². The fourth-order valence-corrected chi connectivity index (χ4v) is 2.17. The molecule has 1 aromatic carbocycles. The lowest BCUT2D eigenvalue weighted by Crippen LogP contribution is -2.05. The summed E-state index contributed by atoms with van der Waals surface area (Å²) in [5.74, 6) is 0. The number of nitriles is 1. The minimum absolute atomic E-state index is 0.536. The number of aromatic nitrogens is 1. The molecule has 0 fully saturated rings. The zero-order chi connectivity index (χ0) is 12.4. The molecular formula is C12H8BrClN2O. The summed E-state index contributed by atoms with van der Waals surface area (Å²) >= 11 is 9.17. The van der Waals surface area contributed by atoms with E-state index in [2.05, 4.69) is 22.0 Å². The summed E-state index contributed by atoms with van der Waals surface area (Å²) in [6.07, 6.45) is 1.71. The molecule has 0 bridgehead atoms. The molecule has 17 heavy (non-hydrogen) atoms. The Morgan fingerprint density at radius 2 is 2.00 bits per heavy atom. The fourth-order valence-electron chi connectivity index (χ4n) is 1.59. The Morgan fingerprint density at radius 3 is 2.53 bits per heavy atom. The molecule has 1 aromatic heterocycles. The Morgan fingerprint density at radius 1 is 1.35 bits per heavy atom. The van der Waals surface area contributed by atoms with Gasteiger partial charge in [-0.1, -0.05) is 23.7 Å². The van der Waals surface area contributed by atoms with Crippen LogP contribution in [0.4, 0.5) is 0 Å². The van der Waals surface area contributed by atoms with Gasteiger partial charge in [-0.3, -0.25) is 0 Å². The number of nitrogens with zero attached hydrogens (tertiary/aromatic N) is 2. The smallest absolute Gasteiger partial charge is 0.106 e. The third-order valence-corrected chi connectivity index (χ3v) is 3.21. The molecule has 0 spiro atoms. The van der Waals surface area contributed by atoms with E-state index in [1.807, 2.05) is 12.1 Å². The second-order valence-corrected chi connectivity index (χ2v) is 4.62. The van der Waals surface area contributed by atoms with Gasteiger partial charge >= 0.3 is 0 Å². The van der Waals surface area contributed by atoms with E-state index in [4.69, 9.17) is 21.7 Å². The van der Waals surface area contributed by atoms with E-state index in [9.17, 15) is 0 Å². The van der Waals surface area contributed by atoms with E-state index >= 15 is 0 Å². The quantitative estimate of drug-likeness (QED) is 0.851. The van der Waals surface area contributed by atoms with Crippen molar-refractivity contribution < 1.29 is 4.84 Å². The molecule has 0 aliphatic heterocycles. The van der Waals surface area contributed by atoms with Crippen LogP contribution in [0.1, 0.15) is 5.56 Å². The highest BCUT2D eigenvalue weighted by Crippen LogP contribution is 2.31. The van der Waals surface area contributed by atoms with Crippen molar-refractivity contribution in [1.29, 1.82) is 5.26 Å². The Kier molecular flexibility index (Phi) is 3.41. The largest absolute Gasteiger partial charge is 0.417 e. The summed E-state index contributed by atoms with van der Waals surface area (Å²) in [5, 5.41) is 9.80. The summed E-state index contributed by atoms with van der Waals surface area (Å²) in [6, 6.07) is 9.40. The zero-order valence-electron chi connectivity index (χ0n) is 8.95. The van der Waals surface area contributed by atoms with E-state index in [0.717, 1.165) is 5.56 Å². The van der Waals surface area contributed by atoms with Gasteiger partial charge in [0.15, 0.2) is 0 Å². The highest BCUT2D eigenvalue weighted by atomic mass is 79.9. The Labute approximate surface area is 112 Å². The molecule has 3 nitrogen and oxygen atoms in total. The fraction of sp³-hybridized carbons (Fsp3) is 0.0833. The molecule has 0 aliphatic rings. The lowest BCUT2D eigenvalue weighted by atomic mass is 10.1. The molecule has 0 saturated carbocycles. The Hall–Kier alpha value is -1.44. The van der Waals surface area contributed by atoms with Crippen molar-refractivity contribution in [2.45, 2.75) is 0 Å². The van der Waals surface area contributed by atoms with Gasteiger partial charge in [-0.25, -0.2) is 0 Å². The number of benzene rings is 1. The van der Waals surface area contributed by atoms with Crippen molar-refractivity contribution >= 4 is 27.5 Å². The first-order chi connectivity index (χ1) is 8.17. The number of hydrogen-bond acceptors (Lipinski definition) is 2. The van der Waals surface area contributed by atoms with E-state index in [1.54, 1.807) is 30.2 Å². The third-order valence-electron chi connectivity index (χ3n) is 2.35. The lowest BCUT2D eigenvalue weighted by Gasteiger charge is -2.07. The molecule has 2 aromatic rings. The lowest BCUT2D eigenvalue weighted by molar-refractivity contribution is 0.172. The second-order valence-electron chi connectivity index (χ2n) is 3.33.